The van der Waals surface area contributed by atoms with Gasteiger partial charge in [-0.3, -0.25) is 4.99 Å². The number of rotatable bonds is 5. The highest BCUT2D eigenvalue weighted by molar-refractivity contribution is 14.0. The molecule has 2 rings (SSSR count). The van der Waals surface area contributed by atoms with Crippen molar-refractivity contribution in [3.05, 3.63) is 34.9 Å². The first-order valence-corrected chi connectivity index (χ1v) is 6.90. The van der Waals surface area contributed by atoms with Crippen LogP contribution in [0.4, 0.5) is 0 Å². The smallest absolute Gasteiger partial charge is 0.188 e. The van der Waals surface area contributed by atoms with Gasteiger partial charge in [-0.1, -0.05) is 30.2 Å². The van der Waals surface area contributed by atoms with Crippen LogP contribution in [0.2, 0.25) is 5.02 Å². The minimum atomic E-state index is 0. The van der Waals surface area contributed by atoms with Crippen molar-refractivity contribution in [1.82, 2.24) is 5.32 Å². The SMILES string of the molecule is I.NC(=NCC1CCC1)NCCc1ccc(Cl)cc1. The molecule has 106 valence electrons. The van der Waals surface area contributed by atoms with Crippen molar-refractivity contribution in [2.24, 2.45) is 16.6 Å². The zero-order valence-corrected chi connectivity index (χ0v) is 14.0. The van der Waals surface area contributed by atoms with Gasteiger partial charge in [-0.15, -0.1) is 24.0 Å². The van der Waals surface area contributed by atoms with Gasteiger partial charge >= 0.3 is 0 Å². The quantitative estimate of drug-likeness (QED) is 0.458. The zero-order valence-electron chi connectivity index (χ0n) is 10.9. The van der Waals surface area contributed by atoms with Crippen LogP contribution in [-0.2, 0) is 6.42 Å². The number of nitrogens with two attached hydrogens (primary N) is 1. The van der Waals surface area contributed by atoms with Crippen LogP contribution in [0.1, 0.15) is 24.8 Å². The maximum absolute atomic E-state index is 5.83. The summed E-state index contributed by atoms with van der Waals surface area (Å²) in [6.45, 7) is 1.68. The highest BCUT2D eigenvalue weighted by Crippen LogP contribution is 2.26. The normalized spacial score (nSPS) is 15.5. The molecule has 0 aromatic heterocycles. The predicted octanol–water partition coefficient (Wildman–Crippen LogP) is 3.20. The van der Waals surface area contributed by atoms with E-state index >= 15 is 0 Å². The van der Waals surface area contributed by atoms with E-state index in [-0.39, 0.29) is 24.0 Å². The highest BCUT2D eigenvalue weighted by Gasteiger charge is 2.16. The fraction of sp³-hybridized carbons (Fsp3) is 0.500. The minimum absolute atomic E-state index is 0. The number of aliphatic imine (C=N–C) groups is 1. The van der Waals surface area contributed by atoms with Gasteiger partial charge in [0.2, 0.25) is 0 Å². The molecule has 1 aliphatic carbocycles. The molecule has 0 bridgehead atoms. The molecule has 5 heteroatoms. The van der Waals surface area contributed by atoms with E-state index < -0.39 is 0 Å². The Hall–Kier alpha value is -0.490. The van der Waals surface area contributed by atoms with Gasteiger partial charge in [-0.25, -0.2) is 0 Å². The molecule has 3 N–H and O–H groups in total. The lowest BCUT2D eigenvalue weighted by molar-refractivity contribution is 0.326. The second-order valence-electron chi connectivity index (χ2n) is 4.83. The maximum Gasteiger partial charge on any atom is 0.188 e. The lowest BCUT2D eigenvalue weighted by Gasteiger charge is -2.23. The summed E-state index contributed by atoms with van der Waals surface area (Å²) < 4.78 is 0. The molecule has 1 aromatic carbocycles. The Morgan fingerprint density at radius 2 is 2.00 bits per heavy atom. The molecule has 1 aromatic rings. The summed E-state index contributed by atoms with van der Waals surface area (Å²) in [4.78, 5) is 4.35. The van der Waals surface area contributed by atoms with Crippen LogP contribution in [-0.4, -0.2) is 19.0 Å². The molecule has 19 heavy (non-hydrogen) atoms. The molecule has 0 saturated heterocycles. The Morgan fingerprint density at radius 1 is 1.32 bits per heavy atom. The van der Waals surface area contributed by atoms with E-state index in [0.29, 0.717) is 5.96 Å². The Balaban J connectivity index is 0.00000180. The Labute approximate surface area is 137 Å². The van der Waals surface area contributed by atoms with Gasteiger partial charge in [0.1, 0.15) is 0 Å². The molecule has 0 aliphatic heterocycles. The van der Waals surface area contributed by atoms with Crippen molar-refractivity contribution >= 4 is 41.5 Å². The molecular formula is C14H21ClIN3. The lowest BCUT2D eigenvalue weighted by Crippen LogP contribution is -2.34. The number of hydrogen-bond acceptors (Lipinski definition) is 1. The van der Waals surface area contributed by atoms with Crippen molar-refractivity contribution in [1.29, 1.82) is 0 Å². The third-order valence-electron chi connectivity index (χ3n) is 3.38. The summed E-state index contributed by atoms with van der Waals surface area (Å²) in [7, 11) is 0. The minimum Gasteiger partial charge on any atom is -0.370 e. The first kappa shape index (κ1) is 16.6. The molecule has 1 saturated carbocycles. The van der Waals surface area contributed by atoms with Crippen LogP contribution >= 0.6 is 35.6 Å². The molecule has 1 aliphatic rings. The molecule has 0 unspecified atom stereocenters. The van der Waals surface area contributed by atoms with Gasteiger partial charge in [0.15, 0.2) is 5.96 Å². The maximum atomic E-state index is 5.83. The average molecular weight is 394 g/mol. The number of nitrogens with zero attached hydrogens (tertiary/aromatic N) is 1. The standard InChI is InChI=1S/C14H20ClN3.HI/c15-13-6-4-11(5-7-13)8-9-17-14(16)18-10-12-2-1-3-12;/h4-7,12H,1-3,8-10H2,(H3,16,17,18);1H. The second kappa shape index (κ2) is 8.64. The van der Waals surface area contributed by atoms with E-state index in [4.69, 9.17) is 17.3 Å². The third-order valence-corrected chi connectivity index (χ3v) is 3.63. The lowest BCUT2D eigenvalue weighted by atomic mass is 9.86. The van der Waals surface area contributed by atoms with Gasteiger partial charge in [-0.2, -0.15) is 0 Å². The number of guanidine groups is 1. The first-order valence-electron chi connectivity index (χ1n) is 6.52. The van der Waals surface area contributed by atoms with Crippen molar-refractivity contribution in [3.63, 3.8) is 0 Å². The van der Waals surface area contributed by atoms with Crippen LogP contribution in [0.3, 0.4) is 0 Å². The van der Waals surface area contributed by atoms with Crippen LogP contribution in [0.15, 0.2) is 29.3 Å². The Kier molecular flexibility index (Phi) is 7.53. The topological polar surface area (TPSA) is 50.4 Å². The summed E-state index contributed by atoms with van der Waals surface area (Å²) in [5.41, 5.74) is 7.06. The van der Waals surface area contributed by atoms with E-state index in [2.05, 4.69) is 10.3 Å². The largest absolute Gasteiger partial charge is 0.370 e. The number of halogens is 2. The summed E-state index contributed by atoms with van der Waals surface area (Å²) in [5.74, 6) is 1.33. The van der Waals surface area contributed by atoms with Crippen molar-refractivity contribution < 1.29 is 0 Å². The molecular weight excluding hydrogens is 373 g/mol. The van der Waals surface area contributed by atoms with E-state index in [1.54, 1.807) is 0 Å². The molecule has 3 nitrogen and oxygen atoms in total. The summed E-state index contributed by atoms with van der Waals surface area (Å²) in [6, 6.07) is 7.88. The summed E-state index contributed by atoms with van der Waals surface area (Å²) in [6.07, 6.45) is 4.89. The number of hydrogen-bond donors (Lipinski definition) is 2. The Bertz CT molecular complexity index is 402. The number of nitrogens with one attached hydrogen (secondary N) is 1. The number of benzene rings is 1. The van der Waals surface area contributed by atoms with Gasteiger partial charge in [-0.05, 0) is 42.9 Å². The van der Waals surface area contributed by atoms with Gasteiger partial charge in [0, 0.05) is 18.1 Å². The summed E-state index contributed by atoms with van der Waals surface area (Å²) in [5, 5.41) is 3.92. The van der Waals surface area contributed by atoms with Crippen molar-refractivity contribution in [3.8, 4) is 0 Å². The molecule has 1 fully saturated rings. The van der Waals surface area contributed by atoms with Gasteiger partial charge in [0.25, 0.3) is 0 Å². The van der Waals surface area contributed by atoms with E-state index in [9.17, 15) is 0 Å². The Morgan fingerprint density at radius 3 is 2.58 bits per heavy atom. The first-order chi connectivity index (χ1) is 8.74. The summed E-state index contributed by atoms with van der Waals surface area (Å²) >= 11 is 5.83. The molecule has 0 spiro atoms. The zero-order chi connectivity index (χ0) is 12.8. The predicted molar refractivity (Wildman–Crippen MR) is 92.4 cm³/mol. The third kappa shape index (κ3) is 5.99. The van der Waals surface area contributed by atoms with Gasteiger partial charge in [0.05, 0.1) is 0 Å². The average Bonchev–Trinajstić information content (AvgIpc) is 2.30. The van der Waals surface area contributed by atoms with E-state index in [1.807, 2.05) is 24.3 Å². The van der Waals surface area contributed by atoms with Crippen LogP contribution < -0.4 is 11.1 Å². The van der Waals surface area contributed by atoms with Crippen molar-refractivity contribution in [2.75, 3.05) is 13.1 Å². The van der Waals surface area contributed by atoms with Crippen molar-refractivity contribution in [2.45, 2.75) is 25.7 Å². The van der Waals surface area contributed by atoms with Crippen LogP contribution in [0, 0.1) is 5.92 Å². The fourth-order valence-corrected chi connectivity index (χ4v) is 2.07. The van der Waals surface area contributed by atoms with Gasteiger partial charge < -0.3 is 11.1 Å². The van der Waals surface area contributed by atoms with E-state index in [0.717, 1.165) is 30.5 Å². The highest BCUT2D eigenvalue weighted by atomic mass is 127. The monoisotopic (exact) mass is 393 g/mol. The molecule has 0 amide bonds. The second-order valence-corrected chi connectivity index (χ2v) is 5.26. The fourth-order valence-electron chi connectivity index (χ4n) is 1.94. The van der Waals surface area contributed by atoms with E-state index in [1.165, 1.54) is 24.8 Å². The molecule has 0 heterocycles. The van der Waals surface area contributed by atoms with Crippen LogP contribution in [0.25, 0.3) is 0 Å². The molecule has 0 radical (unpaired) electrons. The molecule has 0 atom stereocenters. The van der Waals surface area contributed by atoms with Crippen LogP contribution in [0.5, 0.6) is 0 Å².